The first-order chi connectivity index (χ1) is 11.4. The number of para-hydroxylation sites is 1. The topological polar surface area (TPSA) is 62.6 Å². The van der Waals surface area contributed by atoms with Gasteiger partial charge >= 0.3 is 0 Å². The van der Waals surface area contributed by atoms with Crippen LogP contribution in [-0.4, -0.2) is 34.0 Å². The normalized spacial score (nSPS) is 13.7. The van der Waals surface area contributed by atoms with Crippen LogP contribution in [0.4, 0.5) is 0 Å². The molecule has 24 heavy (non-hydrogen) atoms. The Hall–Kier alpha value is -1.38. The lowest BCUT2D eigenvalue weighted by atomic mass is 10.2. The van der Waals surface area contributed by atoms with Gasteiger partial charge in [-0.2, -0.15) is 0 Å². The summed E-state index contributed by atoms with van der Waals surface area (Å²) in [5.74, 6) is 0.716. The maximum absolute atomic E-state index is 12.4. The van der Waals surface area contributed by atoms with Crippen LogP contribution in [0.1, 0.15) is 11.8 Å². The van der Waals surface area contributed by atoms with Gasteiger partial charge in [0.1, 0.15) is 15.6 Å². The van der Waals surface area contributed by atoms with Gasteiger partial charge in [-0.05, 0) is 38.4 Å². The quantitative estimate of drug-likeness (QED) is 0.703. The van der Waals surface area contributed by atoms with Gasteiger partial charge in [-0.15, -0.1) is 11.3 Å². The molecule has 0 aliphatic carbocycles. The number of nitrogens with one attached hydrogen (secondary N) is 1. The minimum Gasteiger partial charge on any atom is -0.459 e. The van der Waals surface area contributed by atoms with Gasteiger partial charge in [-0.3, -0.25) is 4.90 Å². The van der Waals surface area contributed by atoms with Crippen LogP contribution < -0.4 is 4.72 Å². The molecule has 1 aromatic carbocycles. The molecule has 8 heteroatoms. The molecule has 128 valence electrons. The molecule has 3 rings (SSSR count). The number of nitrogens with zero attached hydrogens (tertiary/aromatic N) is 1. The number of hydrogen-bond acceptors (Lipinski definition) is 5. The molecule has 5 nitrogen and oxygen atoms in total. The van der Waals surface area contributed by atoms with Gasteiger partial charge in [0.2, 0.25) is 10.0 Å². The van der Waals surface area contributed by atoms with Crippen molar-refractivity contribution >= 4 is 43.9 Å². The molecular weight excluding hydrogens is 368 g/mol. The Balaban J connectivity index is 1.82. The van der Waals surface area contributed by atoms with Crippen LogP contribution in [0.3, 0.4) is 0 Å². The molecule has 1 atom stereocenters. The van der Waals surface area contributed by atoms with Gasteiger partial charge in [0, 0.05) is 11.9 Å². The average Bonchev–Trinajstić information content (AvgIpc) is 3.13. The van der Waals surface area contributed by atoms with Gasteiger partial charge < -0.3 is 4.42 Å². The molecule has 1 unspecified atom stereocenters. The van der Waals surface area contributed by atoms with Crippen LogP contribution in [0.15, 0.2) is 51.1 Å². The van der Waals surface area contributed by atoms with Crippen LogP contribution in [0.25, 0.3) is 11.0 Å². The predicted molar refractivity (Wildman–Crippen MR) is 97.2 cm³/mol. The van der Waals surface area contributed by atoms with E-state index in [1.54, 1.807) is 6.07 Å². The van der Waals surface area contributed by atoms with Gasteiger partial charge in [0.15, 0.2) is 0 Å². The van der Waals surface area contributed by atoms with Crippen molar-refractivity contribution in [3.8, 4) is 0 Å². The number of sulfonamides is 1. The Labute approximate surface area is 149 Å². The third-order valence-corrected chi connectivity index (χ3v) is 6.82. The van der Waals surface area contributed by atoms with E-state index in [0.717, 1.165) is 22.3 Å². The summed E-state index contributed by atoms with van der Waals surface area (Å²) < 4.78 is 33.9. The fourth-order valence-electron chi connectivity index (χ4n) is 2.41. The molecule has 0 bridgehead atoms. The van der Waals surface area contributed by atoms with Crippen LogP contribution in [0, 0.1) is 0 Å². The predicted octanol–water partition coefficient (Wildman–Crippen LogP) is 3.73. The van der Waals surface area contributed by atoms with Gasteiger partial charge in [-0.1, -0.05) is 29.8 Å². The average molecular weight is 385 g/mol. The second kappa shape index (κ2) is 6.85. The van der Waals surface area contributed by atoms with Crippen molar-refractivity contribution in [3.05, 3.63) is 52.6 Å². The van der Waals surface area contributed by atoms with E-state index in [1.165, 1.54) is 6.07 Å². The van der Waals surface area contributed by atoms with Crippen LogP contribution in [0.5, 0.6) is 0 Å². The lowest BCUT2D eigenvalue weighted by Gasteiger charge is -2.22. The van der Waals surface area contributed by atoms with Crippen LogP contribution >= 0.6 is 22.9 Å². The Kier molecular flexibility index (Phi) is 4.98. The maximum Gasteiger partial charge on any atom is 0.250 e. The molecule has 0 radical (unpaired) electrons. The van der Waals surface area contributed by atoms with E-state index in [9.17, 15) is 8.42 Å². The van der Waals surface area contributed by atoms with Gasteiger partial charge in [-0.25, -0.2) is 13.1 Å². The molecule has 1 N–H and O–H groups in total. The number of rotatable bonds is 6. The summed E-state index contributed by atoms with van der Waals surface area (Å²) in [5, 5.41) is 0.993. The zero-order chi connectivity index (χ0) is 17.3. The molecule has 0 amide bonds. The maximum atomic E-state index is 12.4. The highest BCUT2D eigenvalue weighted by Gasteiger charge is 2.23. The Morgan fingerprint density at radius 3 is 2.62 bits per heavy atom. The molecular formula is C16H17ClN2O3S2. The van der Waals surface area contributed by atoms with Crippen molar-refractivity contribution in [3.63, 3.8) is 0 Å². The van der Waals surface area contributed by atoms with Crippen molar-refractivity contribution in [1.82, 2.24) is 9.62 Å². The fourth-order valence-corrected chi connectivity index (χ4v) is 4.97. The highest BCUT2D eigenvalue weighted by atomic mass is 35.5. The number of likely N-dealkylation sites (N-methyl/N-ethyl adjacent to an activating group) is 1. The summed E-state index contributed by atoms with van der Waals surface area (Å²) in [5.41, 5.74) is 0.784. The van der Waals surface area contributed by atoms with E-state index in [0.29, 0.717) is 10.1 Å². The summed E-state index contributed by atoms with van der Waals surface area (Å²) >= 11 is 6.86. The zero-order valence-corrected chi connectivity index (χ0v) is 15.6. The Morgan fingerprint density at radius 2 is 2.00 bits per heavy atom. The molecule has 2 heterocycles. The summed E-state index contributed by atoms with van der Waals surface area (Å²) in [6.07, 6.45) is 0. The summed E-state index contributed by atoms with van der Waals surface area (Å²) in [6, 6.07) is 12.5. The second-order valence-corrected chi connectivity index (χ2v) is 9.29. The molecule has 3 aromatic rings. The van der Waals surface area contributed by atoms with Crippen molar-refractivity contribution in [2.45, 2.75) is 10.3 Å². The smallest absolute Gasteiger partial charge is 0.250 e. The number of hydrogen-bond donors (Lipinski definition) is 1. The van der Waals surface area contributed by atoms with Crippen molar-refractivity contribution < 1.29 is 12.8 Å². The molecule has 0 fully saturated rings. The van der Waals surface area contributed by atoms with Gasteiger partial charge in [0.25, 0.3) is 0 Å². The summed E-state index contributed by atoms with van der Waals surface area (Å²) in [4.78, 5) is 1.92. The Morgan fingerprint density at radius 1 is 1.25 bits per heavy atom. The van der Waals surface area contributed by atoms with E-state index < -0.39 is 10.0 Å². The number of furan rings is 1. The minimum atomic E-state index is -3.59. The molecule has 0 saturated heterocycles. The standard InChI is InChI=1S/C16H17ClN2O3S2/c1-19(2)12(14-9-11-5-3-4-6-13(11)22-14)10-18-24(20,21)16-8-7-15(17)23-16/h3-9,12,18H,10H2,1-2H3. The second-order valence-electron chi connectivity index (χ2n) is 5.58. The SMILES string of the molecule is CN(C)C(CNS(=O)(=O)c1ccc(Cl)s1)c1cc2ccccc2o1. The molecule has 2 aromatic heterocycles. The highest BCUT2D eigenvalue weighted by Crippen LogP contribution is 2.28. The molecule has 0 aliphatic rings. The summed E-state index contributed by atoms with van der Waals surface area (Å²) in [7, 11) is 0.176. The molecule has 0 aliphatic heterocycles. The first-order valence-electron chi connectivity index (χ1n) is 7.27. The number of thiophene rings is 1. The third kappa shape index (κ3) is 3.65. The van der Waals surface area contributed by atoms with Crippen LogP contribution in [-0.2, 0) is 10.0 Å². The highest BCUT2D eigenvalue weighted by molar-refractivity contribution is 7.91. The summed E-state index contributed by atoms with van der Waals surface area (Å²) in [6.45, 7) is 0.199. The third-order valence-electron chi connectivity index (χ3n) is 3.68. The lowest BCUT2D eigenvalue weighted by molar-refractivity contribution is 0.264. The fraction of sp³-hybridized carbons (Fsp3) is 0.250. The number of fused-ring (bicyclic) bond motifs is 1. The Bertz CT molecular complexity index is 914. The van der Waals surface area contributed by atoms with Crippen molar-refractivity contribution in [2.24, 2.45) is 0 Å². The van der Waals surface area contributed by atoms with Crippen molar-refractivity contribution in [2.75, 3.05) is 20.6 Å². The lowest BCUT2D eigenvalue weighted by Crippen LogP contribution is -2.34. The van der Waals surface area contributed by atoms with Gasteiger partial charge in [0.05, 0.1) is 10.4 Å². The number of halogens is 1. The molecule has 0 saturated carbocycles. The first-order valence-corrected chi connectivity index (χ1v) is 9.94. The minimum absolute atomic E-state index is 0.199. The first kappa shape index (κ1) is 17.4. The van der Waals surface area contributed by atoms with Crippen LogP contribution in [0.2, 0.25) is 4.34 Å². The van der Waals surface area contributed by atoms with E-state index >= 15 is 0 Å². The van der Waals surface area contributed by atoms with Crippen molar-refractivity contribution in [1.29, 1.82) is 0 Å². The van der Waals surface area contributed by atoms with E-state index in [-0.39, 0.29) is 16.8 Å². The van der Waals surface area contributed by atoms with E-state index in [1.807, 2.05) is 49.3 Å². The van der Waals surface area contributed by atoms with E-state index in [2.05, 4.69) is 4.72 Å². The number of benzene rings is 1. The van der Waals surface area contributed by atoms with E-state index in [4.69, 9.17) is 16.0 Å². The molecule has 0 spiro atoms. The largest absolute Gasteiger partial charge is 0.459 e. The monoisotopic (exact) mass is 384 g/mol. The zero-order valence-electron chi connectivity index (χ0n) is 13.2.